The first-order valence-electron chi connectivity index (χ1n) is 6.56. The van der Waals surface area contributed by atoms with Gasteiger partial charge in [0.2, 0.25) is 5.95 Å². The lowest BCUT2D eigenvalue weighted by Crippen LogP contribution is -2.44. The lowest BCUT2D eigenvalue weighted by Gasteiger charge is -2.32. The average molecular weight is 272 g/mol. The number of carbonyl (C=O) groups is 1. The number of hydrogen-bond donors (Lipinski definition) is 0. The quantitative estimate of drug-likeness (QED) is 0.835. The summed E-state index contributed by atoms with van der Waals surface area (Å²) >= 11 is 0. The van der Waals surface area contributed by atoms with Crippen LogP contribution in [0.3, 0.4) is 0 Å². The van der Waals surface area contributed by atoms with Crippen molar-refractivity contribution in [2.75, 3.05) is 12.0 Å². The predicted octanol–water partition coefficient (Wildman–Crippen LogP) is 1.73. The number of aromatic nitrogens is 3. The minimum absolute atomic E-state index is 0.0871. The number of fused-ring (bicyclic) bond motifs is 1. The Morgan fingerprint density at radius 3 is 3.00 bits per heavy atom. The first-order chi connectivity index (χ1) is 9.72. The number of aryl methyl sites for hydroxylation is 1. The zero-order valence-corrected chi connectivity index (χ0v) is 11.5. The Balaban J connectivity index is 2.03. The van der Waals surface area contributed by atoms with Crippen molar-refractivity contribution in [1.82, 2.24) is 14.8 Å². The van der Waals surface area contributed by atoms with Crippen LogP contribution < -0.4 is 9.64 Å². The van der Waals surface area contributed by atoms with E-state index in [1.165, 1.54) is 6.33 Å². The largest absolute Gasteiger partial charge is 0.496 e. The maximum atomic E-state index is 12.8. The highest BCUT2D eigenvalue weighted by atomic mass is 16.5. The maximum Gasteiger partial charge on any atom is 0.264 e. The topological polar surface area (TPSA) is 60.2 Å². The molecule has 0 aliphatic carbocycles. The summed E-state index contributed by atoms with van der Waals surface area (Å²) in [5.74, 6) is 1.06. The Kier molecular flexibility index (Phi) is 3.14. The number of amides is 1. The Hall–Kier alpha value is -2.37. The van der Waals surface area contributed by atoms with Crippen molar-refractivity contribution in [2.24, 2.45) is 0 Å². The second-order valence-electron chi connectivity index (χ2n) is 4.80. The highest BCUT2D eigenvalue weighted by molar-refractivity contribution is 6.07. The van der Waals surface area contributed by atoms with Gasteiger partial charge < -0.3 is 4.74 Å². The molecule has 2 aromatic rings. The molecule has 1 atom stereocenters. The van der Waals surface area contributed by atoms with E-state index in [0.29, 0.717) is 17.3 Å². The molecule has 2 heterocycles. The number of methoxy groups -OCH3 is 1. The molecule has 0 fully saturated rings. The molecular formula is C14H16N4O2. The van der Waals surface area contributed by atoms with Crippen molar-refractivity contribution < 1.29 is 9.53 Å². The molecule has 1 amide bonds. The molecule has 0 radical (unpaired) electrons. The van der Waals surface area contributed by atoms with Crippen LogP contribution in [0.5, 0.6) is 5.75 Å². The number of anilines is 1. The fraction of sp³-hybridized carbons (Fsp3) is 0.357. The van der Waals surface area contributed by atoms with Crippen molar-refractivity contribution in [3.8, 4) is 5.75 Å². The molecule has 20 heavy (non-hydrogen) atoms. The number of benzene rings is 1. The van der Waals surface area contributed by atoms with Gasteiger partial charge >= 0.3 is 0 Å². The predicted molar refractivity (Wildman–Crippen MR) is 73.9 cm³/mol. The molecule has 1 aromatic carbocycles. The molecule has 1 aliphatic rings. The van der Waals surface area contributed by atoms with Gasteiger partial charge in [-0.3, -0.25) is 9.69 Å². The van der Waals surface area contributed by atoms with E-state index in [1.807, 2.05) is 19.1 Å². The Morgan fingerprint density at radius 1 is 1.40 bits per heavy atom. The third-order valence-electron chi connectivity index (χ3n) is 3.57. The summed E-state index contributed by atoms with van der Waals surface area (Å²) in [5, 5.41) is 4.14. The SMILES string of the molecule is COc1ccccc1C(=O)N1c2ncnn2CCC1C. The van der Waals surface area contributed by atoms with Crippen molar-refractivity contribution in [3.63, 3.8) is 0 Å². The van der Waals surface area contributed by atoms with Gasteiger partial charge in [0.25, 0.3) is 5.91 Å². The molecule has 6 heteroatoms. The summed E-state index contributed by atoms with van der Waals surface area (Å²) in [5.41, 5.74) is 0.540. The molecule has 3 rings (SSSR count). The summed E-state index contributed by atoms with van der Waals surface area (Å²) in [7, 11) is 1.56. The van der Waals surface area contributed by atoms with E-state index >= 15 is 0 Å². The van der Waals surface area contributed by atoms with Crippen LogP contribution in [-0.4, -0.2) is 33.8 Å². The molecule has 0 saturated carbocycles. The summed E-state index contributed by atoms with van der Waals surface area (Å²) in [6.45, 7) is 2.80. The van der Waals surface area contributed by atoms with E-state index in [1.54, 1.807) is 28.8 Å². The lowest BCUT2D eigenvalue weighted by molar-refractivity contribution is 0.0966. The second-order valence-corrected chi connectivity index (χ2v) is 4.80. The molecule has 0 N–H and O–H groups in total. The summed E-state index contributed by atoms with van der Waals surface area (Å²) in [6.07, 6.45) is 2.34. The van der Waals surface area contributed by atoms with Crippen LogP contribution in [-0.2, 0) is 6.54 Å². The number of carbonyl (C=O) groups excluding carboxylic acids is 1. The van der Waals surface area contributed by atoms with Gasteiger partial charge in [0.1, 0.15) is 12.1 Å². The van der Waals surface area contributed by atoms with E-state index in [4.69, 9.17) is 4.74 Å². The van der Waals surface area contributed by atoms with Gasteiger partial charge in [0.15, 0.2) is 0 Å². The van der Waals surface area contributed by atoms with E-state index in [0.717, 1.165) is 13.0 Å². The monoisotopic (exact) mass is 272 g/mol. The van der Waals surface area contributed by atoms with Gasteiger partial charge in [0, 0.05) is 12.6 Å². The van der Waals surface area contributed by atoms with Crippen molar-refractivity contribution in [2.45, 2.75) is 25.9 Å². The van der Waals surface area contributed by atoms with E-state index in [-0.39, 0.29) is 11.9 Å². The van der Waals surface area contributed by atoms with Gasteiger partial charge in [-0.05, 0) is 25.5 Å². The molecule has 0 spiro atoms. The maximum absolute atomic E-state index is 12.8. The highest BCUT2D eigenvalue weighted by Crippen LogP contribution is 2.27. The van der Waals surface area contributed by atoms with Crippen LogP contribution in [0.25, 0.3) is 0 Å². The minimum atomic E-state index is -0.107. The zero-order valence-electron chi connectivity index (χ0n) is 11.5. The Morgan fingerprint density at radius 2 is 2.20 bits per heavy atom. The second kappa shape index (κ2) is 4.96. The van der Waals surface area contributed by atoms with Gasteiger partial charge in [0.05, 0.1) is 12.7 Å². The van der Waals surface area contributed by atoms with E-state index in [9.17, 15) is 4.79 Å². The summed E-state index contributed by atoms with van der Waals surface area (Å²) in [4.78, 5) is 18.7. The fourth-order valence-corrected chi connectivity index (χ4v) is 2.48. The number of hydrogen-bond acceptors (Lipinski definition) is 4. The average Bonchev–Trinajstić information content (AvgIpc) is 2.94. The third-order valence-corrected chi connectivity index (χ3v) is 3.57. The highest BCUT2D eigenvalue weighted by Gasteiger charge is 2.32. The molecule has 1 aliphatic heterocycles. The summed E-state index contributed by atoms with van der Waals surface area (Å²) in [6, 6.07) is 7.31. The lowest BCUT2D eigenvalue weighted by atomic mass is 10.1. The molecule has 104 valence electrons. The third kappa shape index (κ3) is 1.93. The molecule has 1 aromatic heterocycles. The van der Waals surface area contributed by atoms with Crippen molar-refractivity contribution in [3.05, 3.63) is 36.2 Å². The van der Waals surface area contributed by atoms with Crippen molar-refractivity contribution in [1.29, 1.82) is 0 Å². The Labute approximate surface area is 117 Å². The van der Waals surface area contributed by atoms with Crippen molar-refractivity contribution >= 4 is 11.9 Å². The van der Waals surface area contributed by atoms with Crippen LogP contribution in [0.2, 0.25) is 0 Å². The normalized spacial score (nSPS) is 17.7. The smallest absolute Gasteiger partial charge is 0.264 e. The molecule has 0 saturated heterocycles. The first kappa shape index (κ1) is 12.7. The fourth-order valence-electron chi connectivity index (χ4n) is 2.48. The zero-order chi connectivity index (χ0) is 14.1. The minimum Gasteiger partial charge on any atom is -0.496 e. The number of nitrogens with zero attached hydrogens (tertiary/aromatic N) is 4. The van der Waals surface area contributed by atoms with Crippen LogP contribution in [0.1, 0.15) is 23.7 Å². The van der Waals surface area contributed by atoms with Crippen LogP contribution in [0.15, 0.2) is 30.6 Å². The van der Waals surface area contributed by atoms with Gasteiger partial charge in [-0.25, -0.2) is 4.68 Å². The van der Waals surface area contributed by atoms with Crippen LogP contribution in [0.4, 0.5) is 5.95 Å². The standard InChI is InChI=1S/C14H16N4O2/c1-10-7-8-17-14(15-9-16-17)18(10)13(19)11-5-3-4-6-12(11)20-2/h3-6,9-10H,7-8H2,1-2H3. The van der Waals surface area contributed by atoms with E-state index in [2.05, 4.69) is 10.1 Å². The van der Waals surface area contributed by atoms with E-state index < -0.39 is 0 Å². The number of ether oxygens (including phenoxy) is 1. The number of para-hydroxylation sites is 1. The Bertz CT molecular complexity index is 638. The molecular weight excluding hydrogens is 256 g/mol. The van der Waals surface area contributed by atoms with Gasteiger partial charge in [-0.1, -0.05) is 12.1 Å². The van der Waals surface area contributed by atoms with Gasteiger partial charge in [-0.15, -0.1) is 0 Å². The van der Waals surface area contributed by atoms with Gasteiger partial charge in [-0.2, -0.15) is 10.1 Å². The molecule has 6 nitrogen and oxygen atoms in total. The van der Waals surface area contributed by atoms with Crippen LogP contribution >= 0.6 is 0 Å². The van der Waals surface area contributed by atoms with Crippen LogP contribution in [0, 0.1) is 0 Å². The molecule has 1 unspecified atom stereocenters. The summed E-state index contributed by atoms with van der Waals surface area (Å²) < 4.78 is 7.03. The first-order valence-corrected chi connectivity index (χ1v) is 6.56. The molecule has 0 bridgehead atoms. The number of rotatable bonds is 2.